The van der Waals surface area contributed by atoms with Crippen LogP contribution in [0, 0.1) is 5.92 Å². The van der Waals surface area contributed by atoms with Crippen LogP contribution < -0.4 is 10.9 Å². The Labute approximate surface area is 127 Å². The lowest BCUT2D eigenvalue weighted by molar-refractivity contribution is -0.123. The van der Waals surface area contributed by atoms with Crippen molar-refractivity contribution in [1.29, 1.82) is 0 Å². The van der Waals surface area contributed by atoms with Crippen molar-refractivity contribution in [2.24, 2.45) is 16.1 Å². The Morgan fingerprint density at radius 1 is 1.57 bits per heavy atom. The molecule has 110 valence electrons. The normalized spacial score (nSPS) is 17.7. The molecule has 1 aliphatic heterocycles. The monoisotopic (exact) mass is 306 g/mol. The summed E-state index contributed by atoms with van der Waals surface area (Å²) in [6.45, 7) is 1.76. The molecule has 0 saturated carbocycles. The number of rotatable bonds is 5. The molecule has 2 amide bonds. The first kappa shape index (κ1) is 15.2. The molecule has 2 N–H and O–H groups in total. The lowest BCUT2D eigenvalue weighted by Crippen LogP contribution is -2.25. The molecule has 1 aromatic carbocycles. The van der Waals surface area contributed by atoms with Gasteiger partial charge < -0.3 is 0 Å². The van der Waals surface area contributed by atoms with Crippen LogP contribution in [-0.4, -0.2) is 23.7 Å². The largest absolute Gasteiger partial charge is 0.273 e. The van der Waals surface area contributed by atoms with Crippen molar-refractivity contribution in [3.63, 3.8) is 0 Å². The summed E-state index contributed by atoms with van der Waals surface area (Å²) in [7, 11) is 0. The molecule has 0 radical (unpaired) electrons. The molecule has 0 bridgehead atoms. The molecule has 7 heteroatoms. The molecule has 0 fully saturated rings. The molecule has 1 atom stereocenters. The number of carbonyl (C=O) groups is 2. The van der Waals surface area contributed by atoms with Crippen molar-refractivity contribution < 1.29 is 9.59 Å². The van der Waals surface area contributed by atoms with Gasteiger partial charge in [0.05, 0.1) is 12.1 Å². The standard InChI is InChI=1S/C14H15ClN4O2/c1-9-12(14(21)19-17-9)5-6-13(20)18-16-8-10-3-2-4-11(15)7-10/h2-4,7-8,12H,5-6H2,1H3,(H,18,20)(H,19,21)/b16-8+/t12-/m1/s1. The third-order valence-electron chi connectivity index (χ3n) is 3.07. The van der Waals surface area contributed by atoms with Crippen LogP contribution in [0.5, 0.6) is 0 Å². The Hall–Kier alpha value is -2.21. The SMILES string of the molecule is CC1=NNC(=O)[C@@H]1CCC(=O)N/N=C/c1cccc(Cl)c1. The highest BCUT2D eigenvalue weighted by Gasteiger charge is 2.26. The molecule has 1 aromatic rings. The van der Waals surface area contributed by atoms with E-state index in [-0.39, 0.29) is 24.2 Å². The van der Waals surface area contributed by atoms with Gasteiger partial charge in [0.1, 0.15) is 0 Å². The molecule has 21 heavy (non-hydrogen) atoms. The fraction of sp³-hybridized carbons (Fsp3) is 0.286. The average Bonchev–Trinajstić information content (AvgIpc) is 2.76. The van der Waals surface area contributed by atoms with Gasteiger partial charge in [-0.2, -0.15) is 10.2 Å². The molecule has 0 spiro atoms. The summed E-state index contributed by atoms with van der Waals surface area (Å²) in [5, 5.41) is 8.29. The molecule has 0 aromatic heterocycles. The van der Waals surface area contributed by atoms with Gasteiger partial charge in [-0.15, -0.1) is 0 Å². The summed E-state index contributed by atoms with van der Waals surface area (Å²) < 4.78 is 0. The van der Waals surface area contributed by atoms with Gasteiger partial charge in [-0.3, -0.25) is 9.59 Å². The second-order valence-electron chi connectivity index (χ2n) is 4.67. The number of amides is 2. The predicted molar refractivity (Wildman–Crippen MR) is 81.2 cm³/mol. The van der Waals surface area contributed by atoms with Gasteiger partial charge >= 0.3 is 0 Å². The van der Waals surface area contributed by atoms with Crippen LogP contribution in [0.15, 0.2) is 34.5 Å². The number of hydrogen-bond donors (Lipinski definition) is 2. The van der Waals surface area contributed by atoms with E-state index in [1.165, 1.54) is 6.21 Å². The Kier molecular flexibility index (Phi) is 5.05. The molecular formula is C14H15ClN4O2. The molecule has 1 aliphatic rings. The third kappa shape index (κ3) is 4.39. The summed E-state index contributed by atoms with van der Waals surface area (Å²) in [5.74, 6) is -0.740. The molecule has 2 rings (SSSR count). The topological polar surface area (TPSA) is 82.9 Å². The summed E-state index contributed by atoms with van der Waals surface area (Å²) in [6.07, 6.45) is 2.14. The van der Waals surface area contributed by atoms with E-state index in [9.17, 15) is 9.59 Å². The van der Waals surface area contributed by atoms with E-state index in [4.69, 9.17) is 11.6 Å². The minimum atomic E-state index is -0.326. The Morgan fingerprint density at radius 2 is 2.38 bits per heavy atom. The Balaban J connectivity index is 1.77. The van der Waals surface area contributed by atoms with E-state index < -0.39 is 0 Å². The van der Waals surface area contributed by atoms with Gasteiger partial charge in [-0.25, -0.2) is 10.9 Å². The molecular weight excluding hydrogens is 292 g/mol. The minimum Gasteiger partial charge on any atom is -0.273 e. The Bertz CT molecular complexity index is 613. The smallest absolute Gasteiger partial charge is 0.248 e. The molecule has 6 nitrogen and oxygen atoms in total. The first-order chi connectivity index (χ1) is 10.1. The van der Waals surface area contributed by atoms with Gasteiger partial charge in [-0.1, -0.05) is 23.7 Å². The first-order valence-electron chi connectivity index (χ1n) is 6.48. The van der Waals surface area contributed by atoms with Crippen molar-refractivity contribution in [3.8, 4) is 0 Å². The summed E-state index contributed by atoms with van der Waals surface area (Å²) in [4.78, 5) is 23.1. The van der Waals surface area contributed by atoms with E-state index in [2.05, 4.69) is 21.1 Å². The lowest BCUT2D eigenvalue weighted by Gasteiger charge is -2.06. The minimum absolute atomic E-state index is 0.164. The number of halogens is 1. The quantitative estimate of drug-likeness (QED) is 0.641. The van der Waals surface area contributed by atoms with E-state index in [0.29, 0.717) is 17.2 Å². The fourth-order valence-electron chi connectivity index (χ4n) is 1.93. The van der Waals surface area contributed by atoms with Crippen LogP contribution >= 0.6 is 11.6 Å². The Morgan fingerprint density at radius 3 is 3.05 bits per heavy atom. The van der Waals surface area contributed by atoms with E-state index in [1.807, 2.05) is 6.07 Å². The van der Waals surface area contributed by atoms with Crippen molar-refractivity contribution in [1.82, 2.24) is 10.9 Å². The van der Waals surface area contributed by atoms with E-state index >= 15 is 0 Å². The lowest BCUT2D eigenvalue weighted by atomic mass is 9.99. The van der Waals surface area contributed by atoms with Gasteiger partial charge in [0.2, 0.25) is 11.8 Å². The first-order valence-corrected chi connectivity index (χ1v) is 6.85. The van der Waals surface area contributed by atoms with Crippen LogP contribution in [0.25, 0.3) is 0 Å². The number of benzene rings is 1. The van der Waals surface area contributed by atoms with Crippen molar-refractivity contribution in [3.05, 3.63) is 34.9 Å². The summed E-state index contributed by atoms with van der Waals surface area (Å²) in [5.41, 5.74) is 6.30. The molecule has 0 unspecified atom stereocenters. The zero-order valence-electron chi connectivity index (χ0n) is 11.5. The van der Waals surface area contributed by atoms with Gasteiger partial charge in [0.15, 0.2) is 0 Å². The van der Waals surface area contributed by atoms with Gasteiger partial charge in [0, 0.05) is 17.2 Å². The number of nitrogens with zero attached hydrogens (tertiary/aromatic N) is 2. The van der Waals surface area contributed by atoms with Crippen LogP contribution in [0.2, 0.25) is 5.02 Å². The van der Waals surface area contributed by atoms with Crippen LogP contribution in [0.3, 0.4) is 0 Å². The number of hydrogen-bond acceptors (Lipinski definition) is 4. The van der Waals surface area contributed by atoms with E-state index in [0.717, 1.165) is 5.56 Å². The summed E-state index contributed by atoms with van der Waals surface area (Å²) >= 11 is 5.84. The maximum atomic E-state index is 11.6. The molecule has 0 saturated heterocycles. The van der Waals surface area contributed by atoms with Crippen LogP contribution in [-0.2, 0) is 9.59 Å². The average molecular weight is 307 g/mol. The number of carbonyl (C=O) groups excluding carboxylic acids is 2. The predicted octanol–water partition coefficient (Wildman–Crippen LogP) is 1.69. The highest BCUT2D eigenvalue weighted by Crippen LogP contribution is 2.13. The molecule has 0 aliphatic carbocycles. The van der Waals surface area contributed by atoms with Crippen LogP contribution in [0.1, 0.15) is 25.3 Å². The summed E-state index contributed by atoms with van der Waals surface area (Å²) in [6, 6.07) is 7.12. The van der Waals surface area contributed by atoms with Crippen molar-refractivity contribution in [2.75, 3.05) is 0 Å². The van der Waals surface area contributed by atoms with Crippen molar-refractivity contribution in [2.45, 2.75) is 19.8 Å². The van der Waals surface area contributed by atoms with E-state index in [1.54, 1.807) is 25.1 Å². The number of hydrazone groups is 2. The highest BCUT2D eigenvalue weighted by atomic mass is 35.5. The fourth-order valence-corrected chi connectivity index (χ4v) is 2.12. The van der Waals surface area contributed by atoms with Crippen molar-refractivity contribution >= 4 is 35.3 Å². The second kappa shape index (κ2) is 6.99. The maximum absolute atomic E-state index is 11.6. The number of nitrogens with one attached hydrogen (secondary N) is 2. The zero-order valence-corrected chi connectivity index (χ0v) is 12.2. The maximum Gasteiger partial charge on any atom is 0.248 e. The molecule has 1 heterocycles. The zero-order chi connectivity index (χ0) is 15.2. The van der Waals surface area contributed by atoms with Crippen LogP contribution in [0.4, 0.5) is 0 Å². The van der Waals surface area contributed by atoms with Gasteiger partial charge in [0.25, 0.3) is 0 Å². The highest BCUT2D eigenvalue weighted by molar-refractivity contribution is 6.30. The second-order valence-corrected chi connectivity index (χ2v) is 5.11. The third-order valence-corrected chi connectivity index (χ3v) is 3.31. The van der Waals surface area contributed by atoms with Gasteiger partial charge in [-0.05, 0) is 31.0 Å².